The molecule has 17 heavy (non-hydrogen) atoms. The number of benzene rings is 1. The average molecular weight is 238 g/mol. The van der Waals surface area contributed by atoms with Gasteiger partial charge in [0.2, 0.25) is 0 Å². The first-order valence-corrected chi connectivity index (χ1v) is 5.98. The Morgan fingerprint density at radius 2 is 1.88 bits per heavy atom. The first kappa shape index (κ1) is 12.5. The van der Waals surface area contributed by atoms with Crippen LogP contribution in [0, 0.1) is 5.82 Å². The summed E-state index contributed by atoms with van der Waals surface area (Å²) in [6.07, 6.45) is 4.26. The molecule has 94 valence electrons. The van der Waals surface area contributed by atoms with E-state index in [0.29, 0.717) is 0 Å². The van der Waals surface area contributed by atoms with Crippen LogP contribution in [-0.4, -0.2) is 12.7 Å². The average Bonchev–Trinajstić information content (AvgIpc) is 2.82. The zero-order valence-corrected chi connectivity index (χ0v) is 10.1. The third-order valence-electron chi connectivity index (χ3n) is 3.75. The Morgan fingerprint density at radius 1 is 1.29 bits per heavy atom. The molecule has 1 aliphatic rings. The lowest BCUT2D eigenvalue weighted by molar-refractivity contribution is -0.0368. The Balaban J connectivity index is 2.28. The summed E-state index contributed by atoms with van der Waals surface area (Å²) in [7, 11) is 1.72. The third kappa shape index (κ3) is 2.34. The Bertz CT molecular complexity index is 360. The quantitative estimate of drug-likeness (QED) is 0.625. The number of methoxy groups -OCH3 is 1. The molecule has 1 saturated carbocycles. The third-order valence-corrected chi connectivity index (χ3v) is 3.75. The molecule has 0 bridgehead atoms. The van der Waals surface area contributed by atoms with E-state index in [1.807, 2.05) is 0 Å². The molecule has 0 radical (unpaired) electrons. The summed E-state index contributed by atoms with van der Waals surface area (Å²) >= 11 is 0. The summed E-state index contributed by atoms with van der Waals surface area (Å²) in [4.78, 5) is 0. The van der Waals surface area contributed by atoms with Crippen LogP contribution in [0.4, 0.5) is 4.39 Å². The van der Waals surface area contributed by atoms with Gasteiger partial charge in [0.05, 0.1) is 11.6 Å². The van der Waals surface area contributed by atoms with Crippen molar-refractivity contribution in [1.82, 2.24) is 5.43 Å². The van der Waals surface area contributed by atoms with Crippen molar-refractivity contribution < 1.29 is 9.13 Å². The van der Waals surface area contributed by atoms with Crippen LogP contribution in [-0.2, 0) is 4.74 Å². The van der Waals surface area contributed by atoms with Gasteiger partial charge < -0.3 is 4.74 Å². The molecule has 3 N–H and O–H groups in total. The van der Waals surface area contributed by atoms with E-state index in [1.54, 1.807) is 19.2 Å². The normalized spacial score (nSPS) is 20.4. The molecule has 0 aromatic heterocycles. The highest BCUT2D eigenvalue weighted by atomic mass is 19.1. The van der Waals surface area contributed by atoms with Crippen molar-refractivity contribution in [2.24, 2.45) is 5.84 Å². The second-order valence-electron chi connectivity index (χ2n) is 4.63. The van der Waals surface area contributed by atoms with Crippen LogP contribution in [0.15, 0.2) is 24.3 Å². The van der Waals surface area contributed by atoms with Gasteiger partial charge in [0.25, 0.3) is 0 Å². The molecule has 0 amide bonds. The fourth-order valence-corrected chi connectivity index (χ4v) is 2.79. The van der Waals surface area contributed by atoms with E-state index < -0.39 is 0 Å². The van der Waals surface area contributed by atoms with Gasteiger partial charge in [-0.2, -0.15) is 0 Å². The topological polar surface area (TPSA) is 47.3 Å². The minimum atomic E-state index is -0.257. The zero-order valence-electron chi connectivity index (χ0n) is 10.1. The number of nitrogens with one attached hydrogen (secondary N) is 1. The molecule has 2 rings (SSSR count). The Kier molecular flexibility index (Phi) is 3.76. The van der Waals surface area contributed by atoms with Crippen LogP contribution in [0.2, 0.25) is 0 Å². The molecule has 0 heterocycles. The summed E-state index contributed by atoms with van der Waals surface area (Å²) < 4.78 is 18.6. The van der Waals surface area contributed by atoms with Gasteiger partial charge in [-0.05, 0) is 30.5 Å². The predicted molar refractivity (Wildman–Crippen MR) is 64.7 cm³/mol. The van der Waals surface area contributed by atoms with E-state index >= 15 is 0 Å². The van der Waals surface area contributed by atoms with Gasteiger partial charge in [-0.15, -0.1) is 0 Å². The first-order chi connectivity index (χ1) is 8.22. The maximum absolute atomic E-state index is 12.9. The van der Waals surface area contributed by atoms with Gasteiger partial charge in [0.15, 0.2) is 0 Å². The van der Waals surface area contributed by atoms with Crippen LogP contribution in [0.1, 0.15) is 37.3 Å². The minimum absolute atomic E-state index is 0.0874. The van der Waals surface area contributed by atoms with E-state index in [9.17, 15) is 4.39 Å². The van der Waals surface area contributed by atoms with Gasteiger partial charge in [-0.3, -0.25) is 11.3 Å². The van der Waals surface area contributed by atoms with E-state index in [1.165, 1.54) is 12.1 Å². The lowest BCUT2D eigenvalue weighted by Gasteiger charge is -2.36. The lowest BCUT2D eigenvalue weighted by atomic mass is 9.87. The minimum Gasteiger partial charge on any atom is -0.376 e. The molecule has 3 nitrogen and oxygen atoms in total. The highest BCUT2D eigenvalue weighted by Crippen LogP contribution is 2.42. The van der Waals surface area contributed by atoms with Gasteiger partial charge in [-0.25, -0.2) is 4.39 Å². The largest absolute Gasteiger partial charge is 0.376 e. The molecule has 1 aromatic rings. The van der Waals surface area contributed by atoms with Gasteiger partial charge >= 0.3 is 0 Å². The van der Waals surface area contributed by atoms with Crippen molar-refractivity contribution in [3.8, 4) is 0 Å². The van der Waals surface area contributed by atoms with Crippen molar-refractivity contribution in [1.29, 1.82) is 0 Å². The van der Waals surface area contributed by atoms with E-state index in [-0.39, 0.29) is 17.5 Å². The Hall–Kier alpha value is -0.970. The molecule has 1 aromatic carbocycles. The van der Waals surface area contributed by atoms with E-state index in [2.05, 4.69) is 5.43 Å². The zero-order chi connectivity index (χ0) is 12.3. The van der Waals surface area contributed by atoms with Gasteiger partial charge in [0, 0.05) is 7.11 Å². The number of ether oxygens (including phenoxy) is 1. The summed E-state index contributed by atoms with van der Waals surface area (Å²) in [5.41, 5.74) is 3.54. The summed E-state index contributed by atoms with van der Waals surface area (Å²) in [5.74, 6) is 5.43. The monoisotopic (exact) mass is 238 g/mol. The molecule has 0 saturated heterocycles. The van der Waals surface area contributed by atoms with Gasteiger partial charge in [0.1, 0.15) is 5.82 Å². The molecule has 0 aliphatic heterocycles. The lowest BCUT2D eigenvalue weighted by Crippen LogP contribution is -2.46. The first-order valence-electron chi connectivity index (χ1n) is 5.98. The summed E-state index contributed by atoms with van der Waals surface area (Å²) in [6, 6.07) is 6.35. The van der Waals surface area contributed by atoms with Crippen LogP contribution in [0.25, 0.3) is 0 Å². The van der Waals surface area contributed by atoms with Crippen molar-refractivity contribution in [3.63, 3.8) is 0 Å². The SMILES string of the molecule is COC1(C(NN)c2ccc(F)cc2)CCCC1. The highest BCUT2D eigenvalue weighted by Gasteiger charge is 2.41. The number of rotatable bonds is 4. The second kappa shape index (κ2) is 5.12. The second-order valence-corrected chi connectivity index (χ2v) is 4.63. The number of halogens is 1. The van der Waals surface area contributed by atoms with Crippen molar-refractivity contribution in [3.05, 3.63) is 35.6 Å². The summed E-state index contributed by atoms with van der Waals surface area (Å²) in [5, 5.41) is 0. The van der Waals surface area contributed by atoms with E-state index in [0.717, 1.165) is 31.2 Å². The smallest absolute Gasteiger partial charge is 0.123 e. The van der Waals surface area contributed by atoms with Crippen LogP contribution in [0.5, 0.6) is 0 Å². The van der Waals surface area contributed by atoms with Crippen molar-refractivity contribution in [2.45, 2.75) is 37.3 Å². The molecule has 4 heteroatoms. The summed E-state index contributed by atoms with van der Waals surface area (Å²) in [6.45, 7) is 0. The molecule has 1 fully saturated rings. The molecular weight excluding hydrogens is 219 g/mol. The highest BCUT2D eigenvalue weighted by molar-refractivity contribution is 5.23. The van der Waals surface area contributed by atoms with Crippen molar-refractivity contribution in [2.75, 3.05) is 7.11 Å². The molecular formula is C13H19FN2O. The molecule has 1 unspecified atom stereocenters. The number of nitrogens with two attached hydrogens (primary N) is 1. The van der Waals surface area contributed by atoms with E-state index in [4.69, 9.17) is 10.6 Å². The predicted octanol–water partition coefficient (Wildman–Crippen LogP) is 2.29. The fraction of sp³-hybridized carbons (Fsp3) is 0.538. The van der Waals surface area contributed by atoms with Crippen molar-refractivity contribution >= 4 is 0 Å². The number of hydrogen-bond donors (Lipinski definition) is 2. The number of hydrazine groups is 1. The van der Waals surface area contributed by atoms with Gasteiger partial charge in [-0.1, -0.05) is 25.0 Å². The van der Waals surface area contributed by atoms with Crippen LogP contribution < -0.4 is 11.3 Å². The standard InChI is InChI=1S/C13H19FN2O/c1-17-13(8-2-3-9-13)12(16-15)10-4-6-11(14)7-5-10/h4-7,12,16H,2-3,8-9,15H2,1H3. The molecule has 0 spiro atoms. The van der Waals surface area contributed by atoms with Crippen LogP contribution in [0.3, 0.4) is 0 Å². The number of hydrogen-bond acceptors (Lipinski definition) is 3. The maximum atomic E-state index is 12.9. The maximum Gasteiger partial charge on any atom is 0.123 e. The molecule has 1 atom stereocenters. The molecule has 1 aliphatic carbocycles. The fourth-order valence-electron chi connectivity index (χ4n) is 2.79. The Labute approximate surface area is 101 Å². The Morgan fingerprint density at radius 3 is 2.35 bits per heavy atom. The van der Waals surface area contributed by atoms with Crippen LogP contribution >= 0.6 is 0 Å².